The Kier molecular flexibility index (Phi) is 7.21. The average molecular weight is 355 g/mol. The van der Waals surface area contributed by atoms with Gasteiger partial charge >= 0.3 is 0 Å². The first-order valence-electron chi connectivity index (χ1n) is 8.57. The van der Waals surface area contributed by atoms with E-state index in [2.05, 4.69) is 0 Å². The van der Waals surface area contributed by atoms with E-state index in [1.54, 1.807) is 50.4 Å². The van der Waals surface area contributed by atoms with Gasteiger partial charge in [0.25, 0.3) is 0 Å². The maximum absolute atomic E-state index is 12.2. The highest BCUT2D eigenvalue weighted by Crippen LogP contribution is 2.15. The number of ether oxygens (including phenoxy) is 2. The van der Waals surface area contributed by atoms with E-state index in [1.165, 1.54) is 0 Å². The van der Waals surface area contributed by atoms with Crippen LogP contribution in [0.1, 0.15) is 35.2 Å². The van der Waals surface area contributed by atoms with E-state index in [4.69, 9.17) is 9.47 Å². The molecule has 0 radical (unpaired) electrons. The third kappa shape index (κ3) is 5.62. The fourth-order valence-corrected chi connectivity index (χ4v) is 2.61. The van der Waals surface area contributed by atoms with Crippen molar-refractivity contribution in [1.29, 1.82) is 0 Å². The van der Waals surface area contributed by atoms with Gasteiger partial charge in [-0.15, -0.1) is 0 Å². The third-order valence-corrected chi connectivity index (χ3v) is 4.21. The van der Waals surface area contributed by atoms with Gasteiger partial charge in [0.1, 0.15) is 11.5 Å². The molecule has 0 aliphatic rings. The Morgan fingerprint density at radius 1 is 0.846 bits per heavy atom. The lowest BCUT2D eigenvalue weighted by Gasteiger charge is -2.17. The summed E-state index contributed by atoms with van der Waals surface area (Å²) in [6, 6.07) is 14.7. The summed E-state index contributed by atoms with van der Waals surface area (Å²) in [7, 11) is 4.99. The molecule has 0 aromatic heterocycles. The molecule has 2 aromatic carbocycles. The number of rotatable bonds is 9. The van der Waals surface area contributed by atoms with Crippen molar-refractivity contribution in [3.8, 4) is 11.5 Å². The highest BCUT2D eigenvalue weighted by Gasteiger charge is 2.12. The number of carbonyl (C=O) groups is 2. The van der Waals surface area contributed by atoms with Gasteiger partial charge in [0.2, 0.25) is 5.91 Å². The summed E-state index contributed by atoms with van der Waals surface area (Å²) in [5, 5.41) is 0. The van der Waals surface area contributed by atoms with Gasteiger partial charge in [-0.1, -0.05) is 12.1 Å². The zero-order valence-electron chi connectivity index (χ0n) is 15.5. The monoisotopic (exact) mass is 355 g/mol. The number of hydrogen-bond donors (Lipinski definition) is 0. The van der Waals surface area contributed by atoms with Gasteiger partial charge in [0, 0.05) is 32.0 Å². The van der Waals surface area contributed by atoms with Crippen molar-refractivity contribution in [2.75, 3.05) is 21.3 Å². The van der Waals surface area contributed by atoms with Crippen LogP contribution in [0.2, 0.25) is 0 Å². The first kappa shape index (κ1) is 19.5. The molecule has 138 valence electrons. The van der Waals surface area contributed by atoms with Crippen LogP contribution in [0, 0.1) is 0 Å². The van der Waals surface area contributed by atoms with Crippen LogP contribution in [0.15, 0.2) is 48.5 Å². The summed E-state index contributed by atoms with van der Waals surface area (Å²) in [5.74, 6) is 1.58. The predicted molar refractivity (Wildman–Crippen MR) is 101 cm³/mol. The Morgan fingerprint density at radius 3 is 1.92 bits per heavy atom. The maximum atomic E-state index is 12.2. The topological polar surface area (TPSA) is 55.8 Å². The largest absolute Gasteiger partial charge is 0.497 e. The summed E-state index contributed by atoms with van der Waals surface area (Å²) in [5.41, 5.74) is 1.68. The lowest BCUT2D eigenvalue weighted by Crippen LogP contribution is -2.26. The third-order valence-electron chi connectivity index (χ3n) is 4.21. The minimum absolute atomic E-state index is 0.0309. The van der Waals surface area contributed by atoms with E-state index in [0.29, 0.717) is 31.4 Å². The summed E-state index contributed by atoms with van der Waals surface area (Å²) < 4.78 is 10.2. The predicted octanol–water partition coefficient (Wildman–Crippen LogP) is 3.72. The lowest BCUT2D eigenvalue weighted by atomic mass is 10.0. The van der Waals surface area contributed by atoms with Crippen LogP contribution >= 0.6 is 0 Å². The van der Waals surface area contributed by atoms with Crippen molar-refractivity contribution in [3.63, 3.8) is 0 Å². The first-order valence-corrected chi connectivity index (χ1v) is 8.57. The summed E-state index contributed by atoms with van der Waals surface area (Å²) in [6.45, 7) is 0.537. The summed E-state index contributed by atoms with van der Waals surface area (Å²) in [4.78, 5) is 26.1. The Bertz CT molecular complexity index is 723. The van der Waals surface area contributed by atoms with Crippen LogP contribution in [-0.2, 0) is 11.3 Å². The van der Waals surface area contributed by atoms with Crippen LogP contribution in [-0.4, -0.2) is 37.9 Å². The average Bonchev–Trinajstić information content (AvgIpc) is 2.68. The molecule has 2 aromatic rings. The minimum Gasteiger partial charge on any atom is -0.497 e. The van der Waals surface area contributed by atoms with Crippen molar-refractivity contribution in [2.24, 2.45) is 0 Å². The second kappa shape index (κ2) is 9.61. The molecule has 0 aliphatic heterocycles. The lowest BCUT2D eigenvalue weighted by molar-refractivity contribution is -0.130. The number of carbonyl (C=O) groups excluding carboxylic acids is 2. The van der Waals surface area contributed by atoms with Crippen molar-refractivity contribution in [3.05, 3.63) is 59.7 Å². The Labute approximate surface area is 154 Å². The Hall–Kier alpha value is -2.82. The fourth-order valence-electron chi connectivity index (χ4n) is 2.61. The fraction of sp³-hybridized carbons (Fsp3) is 0.333. The zero-order chi connectivity index (χ0) is 18.9. The number of amides is 1. The van der Waals surface area contributed by atoms with E-state index in [0.717, 1.165) is 17.1 Å². The molecule has 0 heterocycles. The van der Waals surface area contributed by atoms with E-state index in [1.807, 2.05) is 24.3 Å². The van der Waals surface area contributed by atoms with Crippen LogP contribution < -0.4 is 9.47 Å². The number of benzene rings is 2. The molecule has 0 saturated carbocycles. The standard InChI is InChI=1S/C21H25NO4/c1-22(15-16-7-11-18(25-2)12-8-16)21(24)6-4-5-20(23)17-9-13-19(26-3)14-10-17/h7-14H,4-6,15H2,1-3H3. The zero-order valence-corrected chi connectivity index (χ0v) is 15.5. The normalized spacial score (nSPS) is 10.3. The van der Waals surface area contributed by atoms with Gasteiger partial charge in [-0.25, -0.2) is 0 Å². The van der Waals surface area contributed by atoms with E-state index in [9.17, 15) is 9.59 Å². The molecule has 0 fully saturated rings. The van der Waals surface area contributed by atoms with Crippen LogP contribution in [0.3, 0.4) is 0 Å². The molecule has 0 saturated heterocycles. The SMILES string of the molecule is COc1ccc(CN(C)C(=O)CCCC(=O)c2ccc(OC)cc2)cc1. The van der Waals surface area contributed by atoms with Gasteiger partial charge < -0.3 is 14.4 Å². The molecule has 0 aliphatic carbocycles. The number of nitrogens with zero attached hydrogens (tertiary/aromatic N) is 1. The number of methoxy groups -OCH3 is 2. The van der Waals surface area contributed by atoms with Crippen molar-refractivity contribution in [2.45, 2.75) is 25.8 Å². The van der Waals surface area contributed by atoms with Gasteiger partial charge in [-0.05, 0) is 48.4 Å². The van der Waals surface area contributed by atoms with Crippen molar-refractivity contribution in [1.82, 2.24) is 4.90 Å². The van der Waals surface area contributed by atoms with Crippen LogP contribution in [0.5, 0.6) is 11.5 Å². The molecule has 5 heteroatoms. The maximum Gasteiger partial charge on any atom is 0.222 e. The van der Waals surface area contributed by atoms with Crippen molar-refractivity contribution < 1.29 is 19.1 Å². The Morgan fingerprint density at radius 2 is 1.38 bits per heavy atom. The Balaban J connectivity index is 1.76. The molecular weight excluding hydrogens is 330 g/mol. The number of Topliss-reactive ketones (excluding diaryl/α,β-unsaturated/α-hetero) is 1. The van der Waals surface area contributed by atoms with Crippen molar-refractivity contribution >= 4 is 11.7 Å². The molecule has 2 rings (SSSR count). The first-order chi connectivity index (χ1) is 12.5. The minimum atomic E-state index is 0.0309. The number of ketones is 1. The molecule has 0 spiro atoms. The van der Waals surface area contributed by atoms with Gasteiger partial charge in [-0.3, -0.25) is 9.59 Å². The van der Waals surface area contributed by atoms with Gasteiger partial charge in [-0.2, -0.15) is 0 Å². The molecule has 0 N–H and O–H groups in total. The van der Waals surface area contributed by atoms with Crippen LogP contribution in [0.4, 0.5) is 0 Å². The second-order valence-corrected chi connectivity index (χ2v) is 6.10. The van der Waals surface area contributed by atoms with E-state index < -0.39 is 0 Å². The highest BCUT2D eigenvalue weighted by atomic mass is 16.5. The number of hydrogen-bond acceptors (Lipinski definition) is 4. The summed E-state index contributed by atoms with van der Waals surface area (Å²) in [6.07, 6.45) is 1.25. The van der Waals surface area contributed by atoms with E-state index >= 15 is 0 Å². The van der Waals surface area contributed by atoms with Gasteiger partial charge in [0.05, 0.1) is 14.2 Å². The van der Waals surface area contributed by atoms with E-state index in [-0.39, 0.29) is 11.7 Å². The molecule has 26 heavy (non-hydrogen) atoms. The summed E-state index contributed by atoms with van der Waals surface area (Å²) >= 11 is 0. The molecule has 0 unspecified atom stereocenters. The molecule has 0 bridgehead atoms. The highest BCUT2D eigenvalue weighted by molar-refractivity contribution is 5.96. The smallest absolute Gasteiger partial charge is 0.222 e. The molecular formula is C21H25NO4. The quantitative estimate of drug-likeness (QED) is 0.644. The molecule has 5 nitrogen and oxygen atoms in total. The van der Waals surface area contributed by atoms with Crippen LogP contribution in [0.25, 0.3) is 0 Å². The molecule has 0 atom stereocenters. The second-order valence-electron chi connectivity index (χ2n) is 6.10. The molecule has 1 amide bonds. The van der Waals surface area contributed by atoms with Gasteiger partial charge in [0.15, 0.2) is 5.78 Å².